The van der Waals surface area contributed by atoms with E-state index in [0.717, 1.165) is 22.9 Å². The van der Waals surface area contributed by atoms with Crippen LogP contribution in [0.4, 0.5) is 4.79 Å². The lowest BCUT2D eigenvalue weighted by Crippen LogP contribution is -2.28. The van der Waals surface area contributed by atoms with E-state index in [9.17, 15) is 9.59 Å². The molecule has 0 atom stereocenters. The van der Waals surface area contributed by atoms with Gasteiger partial charge in [0.25, 0.3) is 5.24 Å². The van der Waals surface area contributed by atoms with Crippen molar-refractivity contribution in [1.82, 2.24) is 4.90 Å². The van der Waals surface area contributed by atoms with E-state index >= 15 is 0 Å². The zero-order valence-electron chi connectivity index (χ0n) is 8.40. The summed E-state index contributed by atoms with van der Waals surface area (Å²) in [6, 6.07) is 7.79. The molecule has 3 nitrogen and oxygen atoms in total. The van der Waals surface area contributed by atoms with E-state index in [1.165, 1.54) is 4.90 Å². The Morgan fingerprint density at radius 1 is 1.33 bits per heavy atom. The number of hydrogen-bond acceptors (Lipinski definition) is 3. The number of carbonyl (C=O) groups excluding carboxylic acids is 2. The molecule has 0 radical (unpaired) electrons. The predicted molar refractivity (Wildman–Crippen MR) is 59.6 cm³/mol. The van der Waals surface area contributed by atoms with Crippen LogP contribution in [0.1, 0.15) is 11.1 Å². The highest BCUT2D eigenvalue weighted by Gasteiger charge is 2.29. The van der Waals surface area contributed by atoms with Crippen LogP contribution in [0, 0.1) is 6.92 Å². The van der Waals surface area contributed by atoms with Gasteiger partial charge in [-0.3, -0.25) is 14.5 Å². The Hall–Kier alpha value is -1.29. The van der Waals surface area contributed by atoms with Gasteiger partial charge in [0.2, 0.25) is 5.91 Å². The van der Waals surface area contributed by atoms with Gasteiger partial charge in [-0.15, -0.1) is 0 Å². The molecular formula is C11H11NO2S. The largest absolute Gasteiger partial charge is 0.289 e. The highest BCUT2D eigenvalue weighted by Crippen LogP contribution is 2.22. The first kappa shape index (κ1) is 10.2. The van der Waals surface area contributed by atoms with E-state index in [1.54, 1.807) is 0 Å². The minimum atomic E-state index is -0.136. The number of amides is 2. The maximum absolute atomic E-state index is 11.4. The number of hydrogen-bond donors (Lipinski definition) is 0. The molecule has 0 aliphatic carbocycles. The molecule has 0 N–H and O–H groups in total. The lowest BCUT2D eigenvalue weighted by Gasteiger charge is -2.14. The molecule has 1 aliphatic rings. The van der Waals surface area contributed by atoms with Crippen molar-refractivity contribution in [2.24, 2.45) is 0 Å². The molecule has 0 bridgehead atoms. The summed E-state index contributed by atoms with van der Waals surface area (Å²) < 4.78 is 0. The third kappa shape index (κ3) is 2.04. The fourth-order valence-corrected chi connectivity index (χ4v) is 2.22. The van der Waals surface area contributed by atoms with Crippen LogP contribution in [0.3, 0.4) is 0 Å². The second-order valence-corrected chi connectivity index (χ2v) is 4.39. The van der Waals surface area contributed by atoms with E-state index < -0.39 is 0 Å². The van der Waals surface area contributed by atoms with Crippen LogP contribution in [0.15, 0.2) is 24.3 Å². The SMILES string of the molecule is Cc1ccccc1CN1C(=O)CSC1=O. The van der Waals surface area contributed by atoms with Gasteiger partial charge in [0, 0.05) is 0 Å². The molecule has 1 heterocycles. The fourth-order valence-electron chi connectivity index (χ4n) is 1.49. The summed E-state index contributed by atoms with van der Waals surface area (Å²) in [6.07, 6.45) is 0. The average molecular weight is 221 g/mol. The van der Waals surface area contributed by atoms with E-state index in [-0.39, 0.29) is 16.9 Å². The average Bonchev–Trinajstić information content (AvgIpc) is 2.53. The molecule has 0 unspecified atom stereocenters. The van der Waals surface area contributed by atoms with Crippen molar-refractivity contribution >= 4 is 22.9 Å². The summed E-state index contributed by atoms with van der Waals surface area (Å²) in [4.78, 5) is 24.1. The predicted octanol–water partition coefficient (Wildman–Crippen LogP) is 2.19. The third-order valence-corrected chi connectivity index (χ3v) is 3.29. The first-order valence-electron chi connectivity index (χ1n) is 4.70. The molecule has 2 rings (SSSR count). The van der Waals surface area contributed by atoms with Crippen molar-refractivity contribution in [3.05, 3.63) is 35.4 Å². The van der Waals surface area contributed by atoms with E-state index in [2.05, 4.69) is 0 Å². The van der Waals surface area contributed by atoms with Crippen molar-refractivity contribution < 1.29 is 9.59 Å². The summed E-state index contributed by atoms with van der Waals surface area (Å²) in [7, 11) is 0. The van der Waals surface area contributed by atoms with Crippen LogP contribution in [0.5, 0.6) is 0 Å². The molecule has 0 spiro atoms. The van der Waals surface area contributed by atoms with Gasteiger partial charge < -0.3 is 0 Å². The van der Waals surface area contributed by atoms with Gasteiger partial charge >= 0.3 is 0 Å². The number of rotatable bonds is 2. The Morgan fingerprint density at radius 2 is 2.07 bits per heavy atom. The Labute approximate surface area is 92.5 Å². The van der Waals surface area contributed by atoms with Crippen LogP contribution in [-0.4, -0.2) is 21.8 Å². The number of aryl methyl sites for hydroxylation is 1. The topological polar surface area (TPSA) is 37.4 Å². The standard InChI is InChI=1S/C11H11NO2S/c1-8-4-2-3-5-9(8)6-12-10(13)7-15-11(12)14/h2-5H,6-7H2,1H3. The molecule has 0 aromatic heterocycles. The number of nitrogens with zero attached hydrogens (tertiary/aromatic N) is 1. The summed E-state index contributed by atoms with van der Waals surface area (Å²) in [6.45, 7) is 2.38. The minimum Gasteiger partial charge on any atom is -0.273 e. The monoisotopic (exact) mass is 221 g/mol. The van der Waals surface area contributed by atoms with E-state index in [4.69, 9.17) is 0 Å². The van der Waals surface area contributed by atoms with Gasteiger partial charge in [0.05, 0.1) is 12.3 Å². The molecule has 1 aliphatic heterocycles. The van der Waals surface area contributed by atoms with Gasteiger partial charge in [-0.25, -0.2) is 0 Å². The van der Waals surface area contributed by atoms with E-state index in [0.29, 0.717) is 6.54 Å². The Balaban J connectivity index is 2.18. The van der Waals surface area contributed by atoms with Crippen molar-refractivity contribution in [3.63, 3.8) is 0 Å². The molecule has 0 saturated carbocycles. The van der Waals surface area contributed by atoms with Gasteiger partial charge in [-0.2, -0.15) is 0 Å². The number of thioether (sulfide) groups is 1. The zero-order chi connectivity index (χ0) is 10.8. The maximum Gasteiger partial charge on any atom is 0.289 e. The molecule has 4 heteroatoms. The highest BCUT2D eigenvalue weighted by molar-refractivity contribution is 8.14. The molecular weight excluding hydrogens is 210 g/mol. The second-order valence-electron chi connectivity index (χ2n) is 3.46. The lowest BCUT2D eigenvalue weighted by atomic mass is 10.1. The Bertz CT molecular complexity index is 401. The Morgan fingerprint density at radius 3 is 2.67 bits per heavy atom. The molecule has 1 aromatic rings. The van der Waals surface area contributed by atoms with E-state index in [1.807, 2.05) is 31.2 Å². The zero-order valence-corrected chi connectivity index (χ0v) is 9.21. The van der Waals surface area contributed by atoms with Gasteiger partial charge in [-0.05, 0) is 18.1 Å². The molecule has 15 heavy (non-hydrogen) atoms. The van der Waals surface area contributed by atoms with Crippen LogP contribution in [0.25, 0.3) is 0 Å². The van der Waals surface area contributed by atoms with Crippen molar-refractivity contribution in [2.45, 2.75) is 13.5 Å². The van der Waals surface area contributed by atoms with Crippen molar-refractivity contribution in [3.8, 4) is 0 Å². The Kier molecular flexibility index (Phi) is 2.77. The molecule has 1 saturated heterocycles. The highest BCUT2D eigenvalue weighted by atomic mass is 32.2. The number of carbonyl (C=O) groups is 2. The molecule has 1 aromatic carbocycles. The fraction of sp³-hybridized carbons (Fsp3) is 0.273. The summed E-state index contributed by atoms with van der Waals surface area (Å²) >= 11 is 1.08. The third-order valence-electron chi connectivity index (χ3n) is 2.43. The summed E-state index contributed by atoms with van der Waals surface area (Å²) in [5.41, 5.74) is 2.14. The van der Waals surface area contributed by atoms with Crippen LogP contribution >= 0.6 is 11.8 Å². The smallest absolute Gasteiger partial charge is 0.273 e. The summed E-state index contributed by atoms with van der Waals surface area (Å²) in [5, 5.41) is -0.136. The van der Waals surface area contributed by atoms with Crippen LogP contribution in [-0.2, 0) is 11.3 Å². The second kappa shape index (κ2) is 4.06. The number of imide groups is 1. The summed E-state index contributed by atoms with van der Waals surface area (Å²) in [5.74, 6) is 0.193. The van der Waals surface area contributed by atoms with Crippen molar-refractivity contribution in [2.75, 3.05) is 5.75 Å². The quantitative estimate of drug-likeness (QED) is 0.768. The van der Waals surface area contributed by atoms with Gasteiger partial charge in [0.1, 0.15) is 0 Å². The first-order valence-corrected chi connectivity index (χ1v) is 5.68. The lowest BCUT2D eigenvalue weighted by molar-refractivity contribution is -0.125. The molecule has 1 fully saturated rings. The van der Waals surface area contributed by atoms with Crippen LogP contribution < -0.4 is 0 Å². The molecule has 2 amide bonds. The number of benzene rings is 1. The first-order chi connectivity index (χ1) is 7.18. The van der Waals surface area contributed by atoms with Gasteiger partial charge in [0.15, 0.2) is 0 Å². The molecule has 78 valence electrons. The van der Waals surface area contributed by atoms with Gasteiger partial charge in [-0.1, -0.05) is 36.0 Å². The minimum absolute atomic E-state index is 0.0896. The normalized spacial score (nSPS) is 16.2. The maximum atomic E-state index is 11.4. The van der Waals surface area contributed by atoms with Crippen LogP contribution in [0.2, 0.25) is 0 Å². The van der Waals surface area contributed by atoms with Crippen molar-refractivity contribution in [1.29, 1.82) is 0 Å².